The second kappa shape index (κ2) is 6.71. The zero-order valence-electron chi connectivity index (χ0n) is 12.4. The molecular formula is C13H19ClN6O. The molecule has 114 valence electrons. The molecular weight excluding hydrogens is 292 g/mol. The minimum atomic E-state index is -0.382. The highest BCUT2D eigenvalue weighted by atomic mass is 35.5. The van der Waals surface area contributed by atoms with Crippen LogP contribution in [0.15, 0.2) is 12.4 Å². The maximum Gasteiger partial charge on any atom is 0.244 e. The Balaban J connectivity index is 1.75. The Bertz CT molecular complexity index is 620. The van der Waals surface area contributed by atoms with Gasteiger partial charge in [-0.05, 0) is 27.2 Å². The van der Waals surface area contributed by atoms with Crippen LogP contribution in [-0.4, -0.2) is 37.0 Å². The number of amides is 1. The quantitative estimate of drug-likeness (QED) is 0.820. The lowest BCUT2D eigenvalue weighted by atomic mass is 10.3. The van der Waals surface area contributed by atoms with E-state index in [2.05, 4.69) is 20.5 Å². The van der Waals surface area contributed by atoms with E-state index in [1.807, 2.05) is 18.5 Å². The Kier molecular flexibility index (Phi) is 4.95. The number of carbonyl (C=O) groups is 1. The molecule has 0 aliphatic carbocycles. The molecule has 1 unspecified atom stereocenters. The van der Waals surface area contributed by atoms with E-state index in [1.54, 1.807) is 17.8 Å². The van der Waals surface area contributed by atoms with E-state index >= 15 is 0 Å². The molecule has 0 radical (unpaired) electrons. The summed E-state index contributed by atoms with van der Waals surface area (Å²) in [6, 6.07) is -0.382. The molecule has 0 spiro atoms. The number of halogens is 1. The maximum atomic E-state index is 12.0. The molecule has 2 heterocycles. The van der Waals surface area contributed by atoms with Crippen LogP contribution in [0.2, 0.25) is 5.02 Å². The highest BCUT2D eigenvalue weighted by molar-refractivity contribution is 6.30. The maximum absolute atomic E-state index is 12.0. The summed E-state index contributed by atoms with van der Waals surface area (Å²) >= 11 is 5.79. The zero-order chi connectivity index (χ0) is 15.4. The van der Waals surface area contributed by atoms with Crippen molar-refractivity contribution in [3.63, 3.8) is 0 Å². The summed E-state index contributed by atoms with van der Waals surface area (Å²) < 4.78 is 3.39. The lowest BCUT2D eigenvalue weighted by molar-refractivity contribution is -0.124. The molecule has 0 aromatic carbocycles. The highest BCUT2D eigenvalue weighted by Gasteiger charge is 2.15. The monoisotopic (exact) mass is 310 g/mol. The summed E-state index contributed by atoms with van der Waals surface area (Å²) in [6.07, 6.45) is 3.94. The Morgan fingerprint density at radius 3 is 2.81 bits per heavy atom. The second-order valence-electron chi connectivity index (χ2n) is 4.89. The fourth-order valence-corrected chi connectivity index (χ4v) is 2.15. The van der Waals surface area contributed by atoms with Crippen molar-refractivity contribution in [1.29, 1.82) is 0 Å². The lowest BCUT2D eigenvalue weighted by Crippen LogP contribution is -2.32. The lowest BCUT2D eigenvalue weighted by Gasteiger charge is -2.12. The van der Waals surface area contributed by atoms with Crippen molar-refractivity contribution >= 4 is 17.5 Å². The van der Waals surface area contributed by atoms with Crippen molar-refractivity contribution in [2.45, 2.75) is 39.8 Å². The van der Waals surface area contributed by atoms with Gasteiger partial charge in [-0.2, -0.15) is 10.2 Å². The molecule has 0 aliphatic heterocycles. The van der Waals surface area contributed by atoms with Crippen LogP contribution in [-0.2, 0) is 11.3 Å². The van der Waals surface area contributed by atoms with Gasteiger partial charge in [0.2, 0.25) is 5.91 Å². The molecule has 0 saturated heterocycles. The summed E-state index contributed by atoms with van der Waals surface area (Å²) in [4.78, 5) is 16.2. The third-order valence-electron chi connectivity index (χ3n) is 3.15. The fourth-order valence-electron chi connectivity index (χ4n) is 2.01. The van der Waals surface area contributed by atoms with E-state index in [9.17, 15) is 4.79 Å². The van der Waals surface area contributed by atoms with E-state index in [0.29, 0.717) is 11.6 Å². The largest absolute Gasteiger partial charge is 0.354 e. The smallest absolute Gasteiger partial charge is 0.244 e. The van der Waals surface area contributed by atoms with E-state index in [1.165, 1.54) is 6.20 Å². The van der Waals surface area contributed by atoms with Gasteiger partial charge in [-0.3, -0.25) is 14.2 Å². The van der Waals surface area contributed by atoms with E-state index in [-0.39, 0.29) is 11.9 Å². The van der Waals surface area contributed by atoms with Gasteiger partial charge in [0.25, 0.3) is 0 Å². The van der Waals surface area contributed by atoms with Crippen LogP contribution in [0.1, 0.15) is 31.0 Å². The molecule has 0 aliphatic rings. The molecule has 1 amide bonds. The first-order valence-corrected chi connectivity index (χ1v) is 7.20. The van der Waals surface area contributed by atoms with Gasteiger partial charge in [0.15, 0.2) is 0 Å². The second-order valence-corrected chi connectivity index (χ2v) is 5.32. The third-order valence-corrected chi connectivity index (χ3v) is 3.35. The molecule has 21 heavy (non-hydrogen) atoms. The molecule has 2 aromatic rings. The number of carbonyl (C=O) groups excluding carboxylic acids is 1. The van der Waals surface area contributed by atoms with Gasteiger partial charge in [-0.15, -0.1) is 0 Å². The Morgan fingerprint density at radius 2 is 2.24 bits per heavy atom. The number of aromatic nitrogens is 5. The Morgan fingerprint density at radius 1 is 1.48 bits per heavy atom. The molecule has 8 heteroatoms. The van der Waals surface area contributed by atoms with Crippen LogP contribution >= 0.6 is 11.6 Å². The van der Waals surface area contributed by atoms with Gasteiger partial charge in [-0.25, -0.2) is 4.98 Å². The van der Waals surface area contributed by atoms with Crippen molar-refractivity contribution in [3.05, 3.63) is 29.1 Å². The van der Waals surface area contributed by atoms with Crippen molar-refractivity contribution in [2.75, 3.05) is 6.54 Å². The molecule has 0 bridgehead atoms. The van der Waals surface area contributed by atoms with E-state index < -0.39 is 0 Å². The summed E-state index contributed by atoms with van der Waals surface area (Å²) in [5.74, 6) is 1.57. The van der Waals surface area contributed by atoms with Gasteiger partial charge in [0.1, 0.15) is 17.7 Å². The minimum absolute atomic E-state index is 0.0822. The van der Waals surface area contributed by atoms with Gasteiger partial charge in [0, 0.05) is 19.3 Å². The average Bonchev–Trinajstić information content (AvgIpc) is 2.99. The number of nitrogens with one attached hydrogen (secondary N) is 1. The molecule has 1 atom stereocenters. The van der Waals surface area contributed by atoms with Crippen LogP contribution in [0.3, 0.4) is 0 Å². The SMILES string of the molecule is Cc1nc(C)n(CCCNC(=O)C(C)n2cc(Cl)cn2)n1. The number of hydrogen-bond acceptors (Lipinski definition) is 4. The summed E-state index contributed by atoms with van der Waals surface area (Å²) in [6.45, 7) is 6.87. The standard InChI is InChI=1S/C13H19ClN6O/c1-9(20-8-12(14)7-16-20)13(21)15-5-4-6-19-11(3)17-10(2)18-19/h7-9H,4-6H2,1-3H3,(H,15,21). The van der Waals surface area contributed by atoms with Crippen LogP contribution in [0, 0.1) is 13.8 Å². The molecule has 7 nitrogen and oxygen atoms in total. The molecule has 2 rings (SSSR count). The first-order valence-electron chi connectivity index (χ1n) is 6.83. The summed E-state index contributed by atoms with van der Waals surface area (Å²) in [5.41, 5.74) is 0. The van der Waals surface area contributed by atoms with Crippen molar-refractivity contribution in [2.24, 2.45) is 0 Å². The predicted octanol–water partition coefficient (Wildman–Crippen LogP) is 1.51. The van der Waals surface area contributed by atoms with Crippen molar-refractivity contribution in [3.8, 4) is 0 Å². The zero-order valence-corrected chi connectivity index (χ0v) is 13.1. The minimum Gasteiger partial charge on any atom is -0.354 e. The number of hydrogen-bond donors (Lipinski definition) is 1. The number of aryl methyl sites for hydroxylation is 3. The molecule has 1 N–H and O–H groups in total. The number of nitrogens with zero attached hydrogens (tertiary/aromatic N) is 5. The van der Waals surface area contributed by atoms with Crippen LogP contribution in [0.5, 0.6) is 0 Å². The third kappa shape index (κ3) is 4.04. The van der Waals surface area contributed by atoms with E-state index in [4.69, 9.17) is 11.6 Å². The first kappa shape index (κ1) is 15.5. The van der Waals surface area contributed by atoms with Crippen LogP contribution in [0.25, 0.3) is 0 Å². The average molecular weight is 311 g/mol. The normalized spacial score (nSPS) is 12.4. The van der Waals surface area contributed by atoms with E-state index in [0.717, 1.165) is 24.6 Å². The Hall–Kier alpha value is -1.89. The highest BCUT2D eigenvalue weighted by Crippen LogP contribution is 2.10. The fraction of sp³-hybridized carbons (Fsp3) is 0.538. The van der Waals surface area contributed by atoms with Gasteiger partial charge in [-0.1, -0.05) is 11.6 Å². The van der Waals surface area contributed by atoms with Crippen LogP contribution < -0.4 is 5.32 Å². The predicted molar refractivity (Wildman–Crippen MR) is 79.1 cm³/mol. The molecule has 0 fully saturated rings. The van der Waals surface area contributed by atoms with Crippen LogP contribution in [0.4, 0.5) is 0 Å². The van der Waals surface area contributed by atoms with Gasteiger partial charge in [0.05, 0.1) is 11.2 Å². The van der Waals surface area contributed by atoms with Crippen molar-refractivity contribution in [1.82, 2.24) is 29.9 Å². The Labute approximate surface area is 128 Å². The van der Waals surface area contributed by atoms with Gasteiger partial charge < -0.3 is 5.32 Å². The van der Waals surface area contributed by atoms with Crippen molar-refractivity contribution < 1.29 is 4.79 Å². The first-order chi connectivity index (χ1) is 9.97. The summed E-state index contributed by atoms with van der Waals surface area (Å²) in [7, 11) is 0. The topological polar surface area (TPSA) is 77.6 Å². The summed E-state index contributed by atoms with van der Waals surface area (Å²) in [5, 5.41) is 11.7. The molecule has 0 saturated carbocycles. The van der Waals surface area contributed by atoms with Gasteiger partial charge >= 0.3 is 0 Å². The molecule has 2 aromatic heterocycles. The number of rotatable bonds is 6.